The highest BCUT2D eigenvalue weighted by molar-refractivity contribution is 5.66. The van der Waals surface area contributed by atoms with Crippen molar-refractivity contribution in [3.8, 4) is 0 Å². The van der Waals surface area contributed by atoms with Gasteiger partial charge in [-0.3, -0.25) is 4.90 Å². The quantitative estimate of drug-likeness (QED) is 0.894. The smallest absolute Gasteiger partial charge is 0.407 e. The van der Waals surface area contributed by atoms with Crippen LogP contribution in [0.25, 0.3) is 0 Å². The van der Waals surface area contributed by atoms with Gasteiger partial charge in [-0.1, -0.05) is 30.3 Å². The average molecular weight is 269 g/mol. The van der Waals surface area contributed by atoms with Crippen molar-refractivity contribution in [1.29, 1.82) is 0 Å². The third kappa shape index (κ3) is 2.41. The largest absolute Gasteiger partial charge is 0.465 e. The molecule has 2 rings (SSSR count). The molecule has 1 N–H and O–H groups in total. The van der Waals surface area contributed by atoms with E-state index in [1.54, 1.807) is 30.3 Å². The van der Waals surface area contributed by atoms with E-state index in [0.717, 1.165) is 10.5 Å². The predicted molar refractivity (Wildman–Crippen MR) is 67.5 cm³/mol. The summed E-state index contributed by atoms with van der Waals surface area (Å²) in [7, 11) is 0. The van der Waals surface area contributed by atoms with E-state index in [1.165, 1.54) is 6.92 Å². The second-order valence-corrected chi connectivity index (χ2v) is 5.18. The van der Waals surface area contributed by atoms with Gasteiger partial charge in [0.05, 0.1) is 0 Å². The van der Waals surface area contributed by atoms with Gasteiger partial charge in [-0.15, -0.1) is 0 Å². The number of hydrogen-bond donors (Lipinski definition) is 1. The molecule has 1 aliphatic rings. The highest BCUT2D eigenvalue weighted by Crippen LogP contribution is 2.43. The molecule has 1 amide bonds. The number of benzene rings is 1. The topological polar surface area (TPSA) is 40.5 Å². The number of rotatable bonds is 2. The van der Waals surface area contributed by atoms with Crippen LogP contribution in [-0.2, 0) is 6.42 Å². The van der Waals surface area contributed by atoms with Crippen LogP contribution in [0.5, 0.6) is 0 Å². The molecule has 1 aromatic rings. The van der Waals surface area contributed by atoms with E-state index in [2.05, 4.69) is 0 Å². The Morgan fingerprint density at radius 1 is 1.37 bits per heavy atom. The molecule has 0 aromatic heterocycles. The molecule has 1 atom stereocenters. The summed E-state index contributed by atoms with van der Waals surface area (Å²) < 4.78 is 28.5. The summed E-state index contributed by atoms with van der Waals surface area (Å²) in [6.45, 7) is 1.50. The van der Waals surface area contributed by atoms with Crippen LogP contribution in [0.3, 0.4) is 0 Å². The molecule has 1 aromatic carbocycles. The zero-order valence-electron chi connectivity index (χ0n) is 10.8. The zero-order chi connectivity index (χ0) is 14.1. The maximum atomic E-state index is 14.2. The molecule has 19 heavy (non-hydrogen) atoms. The third-order valence-corrected chi connectivity index (χ3v) is 3.88. The first-order valence-corrected chi connectivity index (χ1v) is 6.29. The first-order valence-electron chi connectivity index (χ1n) is 6.29. The van der Waals surface area contributed by atoms with Crippen molar-refractivity contribution in [3.05, 3.63) is 35.9 Å². The highest BCUT2D eigenvalue weighted by Gasteiger charge is 2.57. The SMILES string of the molecule is CC1(Cc2ccccc2)N(C(=O)O)CCCC1(F)F. The first kappa shape index (κ1) is 13.8. The Hall–Kier alpha value is -1.65. The molecule has 0 bridgehead atoms. The molecule has 0 spiro atoms. The van der Waals surface area contributed by atoms with Crippen LogP contribution in [0, 0.1) is 0 Å². The minimum absolute atomic E-state index is 0.0210. The van der Waals surface area contributed by atoms with Crippen LogP contribution < -0.4 is 0 Å². The summed E-state index contributed by atoms with van der Waals surface area (Å²) in [5.41, 5.74) is -0.962. The maximum absolute atomic E-state index is 14.2. The van der Waals surface area contributed by atoms with E-state index >= 15 is 0 Å². The van der Waals surface area contributed by atoms with Gasteiger partial charge >= 0.3 is 6.09 Å². The number of amides is 1. The molecule has 1 saturated heterocycles. The molecule has 3 nitrogen and oxygen atoms in total. The van der Waals surface area contributed by atoms with Crippen molar-refractivity contribution >= 4 is 6.09 Å². The summed E-state index contributed by atoms with van der Waals surface area (Å²) in [5.74, 6) is -3.01. The van der Waals surface area contributed by atoms with Crippen molar-refractivity contribution in [2.24, 2.45) is 0 Å². The standard InChI is InChI=1S/C14H17F2NO2/c1-13(10-11-6-3-2-4-7-11)14(15,16)8-5-9-17(13)12(18)19/h2-4,6-7H,5,8-10H2,1H3,(H,18,19). The van der Waals surface area contributed by atoms with Gasteiger partial charge in [0.1, 0.15) is 5.54 Å². The summed E-state index contributed by atoms with van der Waals surface area (Å²) in [5, 5.41) is 9.18. The molecule has 1 aliphatic heterocycles. The Morgan fingerprint density at radius 3 is 2.58 bits per heavy atom. The van der Waals surface area contributed by atoms with E-state index in [4.69, 9.17) is 0 Å². The average Bonchev–Trinajstić information content (AvgIpc) is 2.33. The lowest BCUT2D eigenvalue weighted by molar-refractivity contribution is -0.154. The zero-order valence-corrected chi connectivity index (χ0v) is 10.8. The van der Waals surface area contributed by atoms with E-state index in [9.17, 15) is 18.7 Å². The lowest BCUT2D eigenvalue weighted by Crippen LogP contribution is -2.64. The normalized spacial score (nSPS) is 26.2. The lowest BCUT2D eigenvalue weighted by Gasteiger charge is -2.48. The Kier molecular flexibility index (Phi) is 3.47. The van der Waals surface area contributed by atoms with Crippen LogP contribution in [0.1, 0.15) is 25.3 Å². The van der Waals surface area contributed by atoms with Crippen molar-refractivity contribution in [2.45, 2.75) is 37.6 Å². The summed E-state index contributed by atoms with van der Waals surface area (Å²) in [6, 6.07) is 8.83. The number of hydrogen-bond acceptors (Lipinski definition) is 1. The van der Waals surface area contributed by atoms with E-state index < -0.39 is 17.6 Å². The number of halogens is 2. The third-order valence-electron chi connectivity index (χ3n) is 3.88. The Balaban J connectivity index is 2.36. The molecule has 5 heteroatoms. The summed E-state index contributed by atoms with van der Waals surface area (Å²) in [4.78, 5) is 12.1. The molecule has 0 saturated carbocycles. The van der Waals surface area contributed by atoms with Gasteiger partial charge in [0.2, 0.25) is 0 Å². The van der Waals surface area contributed by atoms with Gasteiger partial charge in [-0.05, 0) is 18.9 Å². The molecule has 1 heterocycles. The molecule has 104 valence electrons. The van der Waals surface area contributed by atoms with Gasteiger partial charge in [-0.2, -0.15) is 0 Å². The molecule has 0 aliphatic carbocycles. The van der Waals surface area contributed by atoms with E-state index in [1.807, 2.05) is 0 Å². The van der Waals surface area contributed by atoms with E-state index in [-0.39, 0.29) is 25.8 Å². The van der Waals surface area contributed by atoms with Crippen LogP contribution in [0.2, 0.25) is 0 Å². The van der Waals surface area contributed by atoms with Gasteiger partial charge in [0.15, 0.2) is 0 Å². The number of carbonyl (C=O) groups is 1. The first-order chi connectivity index (χ1) is 8.87. The Bertz CT molecular complexity index is 464. The van der Waals surface area contributed by atoms with Gasteiger partial charge in [0, 0.05) is 19.4 Å². The number of alkyl halides is 2. The predicted octanol–water partition coefficient (Wildman–Crippen LogP) is 3.40. The van der Waals surface area contributed by atoms with Crippen molar-refractivity contribution < 1.29 is 18.7 Å². The lowest BCUT2D eigenvalue weighted by atomic mass is 9.80. The number of carboxylic acid groups (broad SMARTS) is 1. The number of likely N-dealkylation sites (tertiary alicyclic amines) is 1. The highest BCUT2D eigenvalue weighted by atomic mass is 19.3. The second kappa shape index (κ2) is 4.79. The molecule has 0 radical (unpaired) electrons. The Morgan fingerprint density at radius 2 is 2.00 bits per heavy atom. The summed E-state index contributed by atoms with van der Waals surface area (Å²) >= 11 is 0. The van der Waals surface area contributed by atoms with Gasteiger partial charge < -0.3 is 5.11 Å². The minimum atomic E-state index is -3.01. The Labute approximate surface area is 110 Å². The number of nitrogens with zero attached hydrogens (tertiary/aromatic N) is 1. The fourth-order valence-corrected chi connectivity index (χ4v) is 2.70. The fraction of sp³-hybridized carbons (Fsp3) is 0.500. The molecule has 1 unspecified atom stereocenters. The molecular formula is C14H17F2NO2. The van der Waals surface area contributed by atoms with Crippen LogP contribution in [-0.4, -0.2) is 34.1 Å². The molecule has 1 fully saturated rings. The van der Waals surface area contributed by atoms with Gasteiger partial charge in [-0.25, -0.2) is 13.6 Å². The fourth-order valence-electron chi connectivity index (χ4n) is 2.70. The minimum Gasteiger partial charge on any atom is -0.465 e. The van der Waals surface area contributed by atoms with Crippen molar-refractivity contribution in [1.82, 2.24) is 4.90 Å². The monoisotopic (exact) mass is 269 g/mol. The second-order valence-electron chi connectivity index (χ2n) is 5.18. The van der Waals surface area contributed by atoms with Gasteiger partial charge in [0.25, 0.3) is 5.92 Å². The summed E-state index contributed by atoms with van der Waals surface area (Å²) in [6.07, 6.45) is -1.32. The van der Waals surface area contributed by atoms with Crippen molar-refractivity contribution in [3.63, 3.8) is 0 Å². The number of piperidine rings is 1. The molecular weight excluding hydrogens is 252 g/mol. The van der Waals surface area contributed by atoms with Crippen LogP contribution in [0.15, 0.2) is 30.3 Å². The van der Waals surface area contributed by atoms with E-state index in [0.29, 0.717) is 0 Å². The van der Waals surface area contributed by atoms with Crippen LogP contribution >= 0.6 is 0 Å². The maximum Gasteiger partial charge on any atom is 0.407 e. The van der Waals surface area contributed by atoms with Crippen LogP contribution in [0.4, 0.5) is 13.6 Å². The van der Waals surface area contributed by atoms with Crippen molar-refractivity contribution in [2.75, 3.05) is 6.54 Å².